The fraction of sp³-hybridized carbons (Fsp3) is 0.471. The lowest BCUT2D eigenvalue weighted by atomic mass is 9.85. The third-order valence-corrected chi connectivity index (χ3v) is 4.16. The molecular formula is C17H23N. The zero-order chi connectivity index (χ0) is 13.1. The van der Waals surface area contributed by atoms with Gasteiger partial charge in [-0.3, -0.25) is 4.99 Å². The molecule has 0 amide bonds. The molecule has 1 aromatic rings. The standard InChI is InChI=1S/C17H23N/c1-5-12-9-8-10-15-13(6-2)14(7-3)16(11-18-4)17(12)15/h5,8-11,13-14H,6-7H2,1-4H3/b12-5-,18-11-. The van der Waals surface area contributed by atoms with Crippen molar-refractivity contribution >= 4 is 17.9 Å². The van der Waals surface area contributed by atoms with Crippen molar-refractivity contribution in [2.24, 2.45) is 10.9 Å². The van der Waals surface area contributed by atoms with E-state index in [0.29, 0.717) is 11.8 Å². The highest BCUT2D eigenvalue weighted by Crippen LogP contribution is 2.37. The Labute approximate surface area is 110 Å². The minimum Gasteiger partial charge on any atom is -0.296 e. The fourth-order valence-corrected chi connectivity index (χ4v) is 3.40. The normalized spacial score (nSPS) is 24.0. The second-order valence-electron chi connectivity index (χ2n) is 4.97. The Bertz CT molecular complexity index is 566. The third-order valence-electron chi connectivity index (χ3n) is 4.16. The summed E-state index contributed by atoms with van der Waals surface area (Å²) < 4.78 is 0. The molecule has 2 unspecified atom stereocenters. The van der Waals surface area contributed by atoms with Gasteiger partial charge in [0.05, 0.1) is 0 Å². The Kier molecular flexibility index (Phi) is 4.00. The molecule has 1 heteroatoms. The maximum absolute atomic E-state index is 4.28. The molecule has 0 bridgehead atoms. The number of hydrogen-bond acceptors (Lipinski definition) is 1. The summed E-state index contributed by atoms with van der Waals surface area (Å²) in [7, 11) is 1.87. The second kappa shape index (κ2) is 5.51. The molecule has 0 saturated heterocycles. The molecule has 0 aliphatic heterocycles. The van der Waals surface area contributed by atoms with Gasteiger partial charge in [0.15, 0.2) is 0 Å². The van der Waals surface area contributed by atoms with E-state index in [1.807, 2.05) is 7.05 Å². The smallest absolute Gasteiger partial charge is 0.0277 e. The molecule has 0 radical (unpaired) electrons. The number of benzene rings is 1. The van der Waals surface area contributed by atoms with Crippen LogP contribution in [0.25, 0.3) is 11.6 Å². The number of nitrogens with zero attached hydrogens (tertiary/aromatic N) is 1. The highest BCUT2D eigenvalue weighted by molar-refractivity contribution is 6.04. The van der Waals surface area contributed by atoms with Crippen LogP contribution in [0.1, 0.15) is 45.1 Å². The van der Waals surface area contributed by atoms with Gasteiger partial charge in [-0.05, 0) is 53.2 Å². The lowest BCUT2D eigenvalue weighted by Crippen LogP contribution is -2.28. The van der Waals surface area contributed by atoms with Crippen LogP contribution < -0.4 is 10.4 Å². The van der Waals surface area contributed by atoms with E-state index in [1.54, 1.807) is 0 Å². The Morgan fingerprint density at radius 1 is 1.17 bits per heavy atom. The number of aliphatic imine (C=N–C) groups is 1. The van der Waals surface area contributed by atoms with Gasteiger partial charge in [-0.2, -0.15) is 0 Å². The van der Waals surface area contributed by atoms with E-state index in [0.717, 1.165) is 0 Å². The Balaban J connectivity index is 2.82. The topological polar surface area (TPSA) is 12.4 Å². The lowest BCUT2D eigenvalue weighted by Gasteiger charge is -2.19. The van der Waals surface area contributed by atoms with E-state index in [4.69, 9.17) is 0 Å². The molecule has 0 heterocycles. The van der Waals surface area contributed by atoms with Crippen LogP contribution in [0.3, 0.4) is 0 Å². The van der Waals surface area contributed by atoms with Gasteiger partial charge in [0.2, 0.25) is 0 Å². The molecule has 1 aliphatic carbocycles. The first-order valence-corrected chi connectivity index (χ1v) is 7.00. The van der Waals surface area contributed by atoms with Crippen LogP contribution in [0.5, 0.6) is 0 Å². The molecule has 2 atom stereocenters. The molecule has 1 aliphatic rings. The van der Waals surface area contributed by atoms with Crippen molar-refractivity contribution in [2.75, 3.05) is 7.05 Å². The minimum absolute atomic E-state index is 0.634. The molecule has 0 aromatic heterocycles. The van der Waals surface area contributed by atoms with E-state index >= 15 is 0 Å². The molecule has 96 valence electrons. The molecule has 2 rings (SSSR count). The molecule has 18 heavy (non-hydrogen) atoms. The summed E-state index contributed by atoms with van der Waals surface area (Å²) in [6.07, 6.45) is 6.69. The summed E-state index contributed by atoms with van der Waals surface area (Å²) in [6, 6.07) is 6.71. The van der Waals surface area contributed by atoms with Crippen LogP contribution in [0, 0.1) is 5.92 Å². The second-order valence-corrected chi connectivity index (χ2v) is 4.97. The first kappa shape index (κ1) is 13.1. The van der Waals surface area contributed by atoms with Crippen molar-refractivity contribution in [2.45, 2.75) is 39.5 Å². The highest BCUT2D eigenvalue weighted by Gasteiger charge is 2.30. The predicted molar refractivity (Wildman–Crippen MR) is 80.5 cm³/mol. The summed E-state index contributed by atoms with van der Waals surface area (Å²) in [5.41, 5.74) is 2.96. The maximum Gasteiger partial charge on any atom is 0.0277 e. The molecular weight excluding hydrogens is 218 g/mol. The van der Waals surface area contributed by atoms with Crippen LogP contribution in [0.15, 0.2) is 23.2 Å². The van der Waals surface area contributed by atoms with Crippen molar-refractivity contribution < 1.29 is 0 Å². The summed E-state index contributed by atoms with van der Waals surface area (Å²) >= 11 is 0. The van der Waals surface area contributed by atoms with Crippen molar-refractivity contribution in [1.29, 1.82) is 0 Å². The van der Waals surface area contributed by atoms with E-state index in [2.05, 4.69) is 56.3 Å². The average Bonchev–Trinajstić information content (AvgIpc) is 2.72. The van der Waals surface area contributed by atoms with E-state index in [-0.39, 0.29) is 0 Å². The summed E-state index contributed by atoms with van der Waals surface area (Å²) in [6.45, 7) is 6.71. The quantitative estimate of drug-likeness (QED) is 0.722. The van der Waals surface area contributed by atoms with Gasteiger partial charge in [0, 0.05) is 13.3 Å². The molecule has 1 aromatic carbocycles. The SMILES string of the molecule is C/C=c1/cccc2c1=C(/C=N\C)C(CC)C2CC. The first-order valence-electron chi connectivity index (χ1n) is 7.00. The van der Waals surface area contributed by atoms with Crippen LogP contribution in [-0.4, -0.2) is 13.3 Å². The third kappa shape index (κ3) is 1.92. The Morgan fingerprint density at radius 3 is 2.44 bits per heavy atom. The number of fused-ring (bicyclic) bond motifs is 1. The predicted octanol–water partition coefficient (Wildman–Crippen LogP) is 2.87. The van der Waals surface area contributed by atoms with Crippen LogP contribution >= 0.6 is 0 Å². The van der Waals surface area contributed by atoms with E-state index < -0.39 is 0 Å². The summed E-state index contributed by atoms with van der Waals surface area (Å²) in [5, 5.41) is 2.81. The van der Waals surface area contributed by atoms with Gasteiger partial charge in [0.1, 0.15) is 0 Å². The molecule has 0 saturated carbocycles. The monoisotopic (exact) mass is 241 g/mol. The van der Waals surface area contributed by atoms with Crippen LogP contribution in [0.2, 0.25) is 0 Å². The van der Waals surface area contributed by atoms with Crippen molar-refractivity contribution in [3.63, 3.8) is 0 Å². The zero-order valence-corrected chi connectivity index (χ0v) is 11.9. The molecule has 0 spiro atoms. The molecule has 1 nitrogen and oxygen atoms in total. The van der Waals surface area contributed by atoms with Crippen molar-refractivity contribution in [3.05, 3.63) is 34.2 Å². The van der Waals surface area contributed by atoms with E-state index in [1.165, 1.54) is 34.4 Å². The average molecular weight is 241 g/mol. The van der Waals surface area contributed by atoms with Crippen molar-refractivity contribution in [3.8, 4) is 0 Å². The number of rotatable bonds is 3. The van der Waals surface area contributed by atoms with Crippen LogP contribution in [-0.2, 0) is 0 Å². The minimum atomic E-state index is 0.634. The van der Waals surface area contributed by atoms with Crippen molar-refractivity contribution in [1.82, 2.24) is 0 Å². The maximum atomic E-state index is 4.28. The molecule has 0 N–H and O–H groups in total. The number of hydrogen-bond donors (Lipinski definition) is 0. The first-order chi connectivity index (χ1) is 8.78. The van der Waals surface area contributed by atoms with Gasteiger partial charge < -0.3 is 0 Å². The van der Waals surface area contributed by atoms with Gasteiger partial charge in [0.25, 0.3) is 0 Å². The van der Waals surface area contributed by atoms with Crippen LogP contribution in [0.4, 0.5) is 0 Å². The van der Waals surface area contributed by atoms with Gasteiger partial charge in [-0.15, -0.1) is 0 Å². The van der Waals surface area contributed by atoms with Gasteiger partial charge in [-0.1, -0.05) is 38.1 Å². The summed E-state index contributed by atoms with van der Waals surface area (Å²) in [5.74, 6) is 1.30. The zero-order valence-electron chi connectivity index (χ0n) is 11.9. The lowest BCUT2D eigenvalue weighted by molar-refractivity contribution is 0.512. The summed E-state index contributed by atoms with van der Waals surface area (Å²) in [4.78, 5) is 4.28. The van der Waals surface area contributed by atoms with E-state index in [9.17, 15) is 0 Å². The molecule has 0 fully saturated rings. The van der Waals surface area contributed by atoms with Gasteiger partial charge >= 0.3 is 0 Å². The Hall–Kier alpha value is -1.37. The Morgan fingerprint density at radius 2 is 1.89 bits per heavy atom. The van der Waals surface area contributed by atoms with Gasteiger partial charge in [-0.25, -0.2) is 0 Å². The highest BCUT2D eigenvalue weighted by atomic mass is 14.6. The largest absolute Gasteiger partial charge is 0.296 e. The fourth-order valence-electron chi connectivity index (χ4n) is 3.40.